The van der Waals surface area contributed by atoms with Crippen LogP contribution in [-0.4, -0.2) is 40.9 Å². The fraction of sp³-hybridized carbons (Fsp3) is 0.571. The molecule has 0 aliphatic carbocycles. The molecule has 2 saturated heterocycles. The number of aryl methyl sites for hydroxylation is 1. The molecular weight excluding hydrogens is 270 g/mol. The van der Waals surface area contributed by atoms with Crippen molar-refractivity contribution in [3.8, 4) is 11.4 Å². The molecule has 2 atom stereocenters. The molecule has 0 radical (unpaired) electrons. The number of H-pyrrole nitrogens is 1. The van der Waals surface area contributed by atoms with Crippen molar-refractivity contribution < 1.29 is 0 Å². The molecule has 0 amide bonds. The van der Waals surface area contributed by atoms with Crippen LogP contribution in [0.1, 0.15) is 18.4 Å². The average molecular weight is 289 g/mol. The van der Waals surface area contributed by atoms with Crippen LogP contribution in [0.15, 0.2) is 10.8 Å². The molecule has 4 rings (SSSR count). The molecule has 6 heteroatoms. The highest BCUT2D eigenvalue weighted by atomic mass is 32.1. The summed E-state index contributed by atoms with van der Waals surface area (Å²) in [6.07, 6.45) is 2.62. The molecule has 2 fully saturated rings. The zero-order valence-electron chi connectivity index (χ0n) is 11.6. The first-order valence-electron chi connectivity index (χ1n) is 7.25. The third-order valence-electron chi connectivity index (χ3n) is 4.47. The maximum atomic E-state index is 4.69. The van der Waals surface area contributed by atoms with Crippen LogP contribution in [0.4, 0.5) is 5.95 Å². The van der Waals surface area contributed by atoms with Gasteiger partial charge in [-0.05, 0) is 43.2 Å². The number of piperidine rings is 1. The minimum Gasteiger partial charge on any atom is -0.338 e. The van der Waals surface area contributed by atoms with E-state index in [9.17, 15) is 0 Å². The Morgan fingerprint density at radius 3 is 3.10 bits per heavy atom. The van der Waals surface area contributed by atoms with Gasteiger partial charge in [0, 0.05) is 30.1 Å². The minimum atomic E-state index is 0.619. The molecular formula is C14H19N5S. The first-order valence-corrected chi connectivity index (χ1v) is 8.19. The van der Waals surface area contributed by atoms with Crippen LogP contribution in [-0.2, 0) is 0 Å². The minimum absolute atomic E-state index is 0.619. The number of aromatic nitrogens is 3. The van der Waals surface area contributed by atoms with Crippen molar-refractivity contribution in [2.24, 2.45) is 5.92 Å². The summed E-state index contributed by atoms with van der Waals surface area (Å²) < 4.78 is 0. The van der Waals surface area contributed by atoms with Gasteiger partial charge in [-0.15, -0.1) is 5.10 Å². The molecule has 4 heterocycles. The van der Waals surface area contributed by atoms with Gasteiger partial charge in [0.15, 0.2) is 5.82 Å². The Bertz CT molecular complexity index is 590. The third kappa shape index (κ3) is 2.03. The summed E-state index contributed by atoms with van der Waals surface area (Å²) in [7, 11) is 0. The van der Waals surface area contributed by atoms with E-state index in [2.05, 4.69) is 38.1 Å². The van der Waals surface area contributed by atoms with Crippen LogP contribution in [0.3, 0.4) is 0 Å². The number of anilines is 1. The Morgan fingerprint density at radius 1 is 1.35 bits per heavy atom. The molecule has 2 N–H and O–H groups in total. The van der Waals surface area contributed by atoms with E-state index in [1.807, 2.05) is 0 Å². The predicted molar refractivity (Wildman–Crippen MR) is 81.2 cm³/mol. The molecule has 2 aliphatic rings. The Hall–Kier alpha value is -1.40. The van der Waals surface area contributed by atoms with Gasteiger partial charge >= 0.3 is 0 Å². The normalized spacial score (nSPS) is 25.9. The lowest BCUT2D eigenvalue weighted by molar-refractivity contribution is 0.340. The molecule has 106 valence electrons. The van der Waals surface area contributed by atoms with E-state index in [4.69, 9.17) is 4.98 Å². The van der Waals surface area contributed by atoms with E-state index < -0.39 is 0 Å². The number of thiophene rings is 1. The molecule has 2 aliphatic heterocycles. The Morgan fingerprint density at radius 2 is 2.30 bits per heavy atom. The lowest BCUT2D eigenvalue weighted by atomic mass is 9.94. The number of rotatable bonds is 2. The fourth-order valence-corrected chi connectivity index (χ4v) is 4.16. The number of fused-ring (bicyclic) bond motifs is 1. The van der Waals surface area contributed by atoms with Crippen LogP contribution in [0.25, 0.3) is 11.4 Å². The van der Waals surface area contributed by atoms with Gasteiger partial charge in [0.1, 0.15) is 0 Å². The summed E-state index contributed by atoms with van der Waals surface area (Å²) in [6.45, 7) is 5.38. The molecule has 0 aromatic carbocycles. The van der Waals surface area contributed by atoms with E-state index in [0.717, 1.165) is 37.3 Å². The number of hydrogen-bond donors (Lipinski definition) is 2. The first kappa shape index (κ1) is 12.3. The lowest BCUT2D eigenvalue weighted by Crippen LogP contribution is -2.40. The molecule has 2 aromatic heterocycles. The molecule has 20 heavy (non-hydrogen) atoms. The van der Waals surface area contributed by atoms with Gasteiger partial charge < -0.3 is 10.2 Å². The van der Waals surface area contributed by atoms with E-state index in [1.165, 1.54) is 24.0 Å². The summed E-state index contributed by atoms with van der Waals surface area (Å²) >= 11 is 1.71. The summed E-state index contributed by atoms with van der Waals surface area (Å²) in [5.41, 5.74) is 2.43. The van der Waals surface area contributed by atoms with Crippen molar-refractivity contribution in [2.75, 3.05) is 24.5 Å². The molecule has 0 saturated carbocycles. The first-order chi connectivity index (χ1) is 9.81. The lowest BCUT2D eigenvalue weighted by Gasteiger charge is -2.24. The van der Waals surface area contributed by atoms with Crippen molar-refractivity contribution in [2.45, 2.75) is 25.8 Å². The van der Waals surface area contributed by atoms with Gasteiger partial charge in [-0.3, -0.25) is 5.10 Å². The van der Waals surface area contributed by atoms with Crippen LogP contribution >= 0.6 is 11.3 Å². The highest BCUT2D eigenvalue weighted by Gasteiger charge is 2.35. The Balaban J connectivity index is 1.55. The Labute approximate surface area is 122 Å². The fourth-order valence-electron chi connectivity index (χ4n) is 3.33. The van der Waals surface area contributed by atoms with Crippen LogP contribution < -0.4 is 10.2 Å². The molecule has 2 aromatic rings. The van der Waals surface area contributed by atoms with Crippen LogP contribution in [0.2, 0.25) is 0 Å². The van der Waals surface area contributed by atoms with Crippen molar-refractivity contribution in [1.29, 1.82) is 0 Å². The van der Waals surface area contributed by atoms with Crippen LogP contribution in [0, 0.1) is 12.8 Å². The van der Waals surface area contributed by atoms with Crippen molar-refractivity contribution in [3.63, 3.8) is 0 Å². The predicted octanol–water partition coefficient (Wildman–Crippen LogP) is 2.03. The molecule has 0 bridgehead atoms. The van der Waals surface area contributed by atoms with E-state index >= 15 is 0 Å². The second-order valence-corrected chi connectivity index (χ2v) is 6.56. The molecule has 5 nitrogen and oxygen atoms in total. The quantitative estimate of drug-likeness (QED) is 0.888. The SMILES string of the molecule is Cc1cscc1-c1nc(N2CC3CCCNC3C2)n[nH]1. The van der Waals surface area contributed by atoms with Crippen molar-refractivity contribution in [3.05, 3.63) is 16.3 Å². The number of aromatic amines is 1. The summed E-state index contributed by atoms with van der Waals surface area (Å²) in [5, 5.41) is 15.4. The van der Waals surface area contributed by atoms with Gasteiger partial charge in [0.2, 0.25) is 5.95 Å². The zero-order chi connectivity index (χ0) is 13.5. The topological polar surface area (TPSA) is 56.8 Å². The van der Waals surface area contributed by atoms with E-state index in [1.54, 1.807) is 11.3 Å². The van der Waals surface area contributed by atoms with Gasteiger partial charge in [0.05, 0.1) is 0 Å². The largest absolute Gasteiger partial charge is 0.338 e. The standard InChI is InChI=1S/C14H19N5S/c1-9-7-20-8-11(9)13-16-14(18-17-13)19-5-10-3-2-4-15-12(10)6-19/h7-8,10,12,15H,2-6H2,1H3,(H,16,17,18). The van der Waals surface area contributed by atoms with E-state index in [-0.39, 0.29) is 0 Å². The summed E-state index contributed by atoms with van der Waals surface area (Å²) in [5.74, 6) is 2.50. The van der Waals surface area contributed by atoms with Crippen molar-refractivity contribution in [1.82, 2.24) is 20.5 Å². The second-order valence-electron chi connectivity index (χ2n) is 5.82. The monoisotopic (exact) mass is 289 g/mol. The molecule has 2 unspecified atom stereocenters. The van der Waals surface area contributed by atoms with Gasteiger partial charge in [-0.2, -0.15) is 16.3 Å². The maximum absolute atomic E-state index is 4.69. The number of nitrogens with one attached hydrogen (secondary N) is 2. The molecule has 0 spiro atoms. The van der Waals surface area contributed by atoms with E-state index in [0.29, 0.717) is 6.04 Å². The smallest absolute Gasteiger partial charge is 0.245 e. The number of nitrogens with zero attached hydrogens (tertiary/aromatic N) is 3. The number of hydrogen-bond acceptors (Lipinski definition) is 5. The maximum Gasteiger partial charge on any atom is 0.245 e. The highest BCUT2D eigenvalue weighted by Crippen LogP contribution is 2.29. The zero-order valence-corrected chi connectivity index (χ0v) is 12.4. The van der Waals surface area contributed by atoms with Crippen LogP contribution in [0.5, 0.6) is 0 Å². The van der Waals surface area contributed by atoms with Gasteiger partial charge in [-0.25, -0.2) is 0 Å². The van der Waals surface area contributed by atoms with Gasteiger partial charge in [0.25, 0.3) is 0 Å². The van der Waals surface area contributed by atoms with Crippen molar-refractivity contribution >= 4 is 17.3 Å². The average Bonchev–Trinajstić information content (AvgIpc) is 3.15. The highest BCUT2D eigenvalue weighted by molar-refractivity contribution is 7.08. The summed E-state index contributed by atoms with van der Waals surface area (Å²) in [6, 6.07) is 0.619. The third-order valence-corrected chi connectivity index (χ3v) is 5.33. The second kappa shape index (κ2) is 4.86. The summed E-state index contributed by atoms with van der Waals surface area (Å²) in [4.78, 5) is 7.01. The Kier molecular flexibility index (Phi) is 3.00. The van der Waals surface area contributed by atoms with Gasteiger partial charge in [-0.1, -0.05) is 0 Å².